The van der Waals surface area contributed by atoms with E-state index in [2.05, 4.69) is 29.8 Å². The number of carbonyl (C=O) groups is 4. The van der Waals surface area contributed by atoms with Crippen LogP contribution in [0.2, 0.25) is 0 Å². The number of nitrogens with zero attached hydrogens (tertiary/aromatic N) is 1. The van der Waals surface area contributed by atoms with E-state index >= 15 is 0 Å². The number of Topliss-reactive ketones (excluding diaryl/α,β-unsaturated/α-hetero) is 1. The Morgan fingerprint density at radius 3 is 2.45 bits per heavy atom. The van der Waals surface area contributed by atoms with Crippen LogP contribution >= 0.6 is 0 Å². The van der Waals surface area contributed by atoms with Gasteiger partial charge in [0.25, 0.3) is 5.91 Å². The predicted octanol–water partition coefficient (Wildman–Crippen LogP) is 3.62. The summed E-state index contributed by atoms with van der Waals surface area (Å²) in [4.78, 5) is 54.1. The first kappa shape index (κ1) is 31.3. The van der Waals surface area contributed by atoms with E-state index in [1.54, 1.807) is 13.8 Å². The van der Waals surface area contributed by atoms with Gasteiger partial charge in [-0.15, -0.1) is 0 Å². The number of nitrogens with one attached hydrogen (secondary N) is 3. The molecule has 2 unspecified atom stereocenters. The molecule has 218 valence electrons. The van der Waals surface area contributed by atoms with Crippen LogP contribution in [0, 0.1) is 11.3 Å². The van der Waals surface area contributed by atoms with Crippen LogP contribution in [0.1, 0.15) is 65.9 Å². The standard InChI is InChI=1S/C32H46N4O4/c1-6-32(4,5)28(37)31(40)36-18-9-13-27(36)30(39)35-26(29(38)34-17-10-16-33-21-22(2)3)20-23-14-15-24-11-7-8-12-25(24)19-23/h7-8,11-12,14-15,19,22,26-27,33H,6,9-10,13,16-18,20-21H2,1-5H3,(H,34,38)(H,35,39). The second-order valence-corrected chi connectivity index (χ2v) is 11.9. The molecule has 1 saturated heterocycles. The van der Waals surface area contributed by atoms with Crippen molar-refractivity contribution in [1.82, 2.24) is 20.9 Å². The molecule has 0 aliphatic carbocycles. The second-order valence-electron chi connectivity index (χ2n) is 11.9. The zero-order valence-electron chi connectivity index (χ0n) is 24.7. The summed E-state index contributed by atoms with van der Waals surface area (Å²) in [5.41, 5.74) is 0.139. The SMILES string of the molecule is CCC(C)(C)C(=O)C(=O)N1CCCC1C(=O)NC(Cc1ccc2ccccc2c1)C(=O)NCCCNCC(C)C. The summed E-state index contributed by atoms with van der Waals surface area (Å²) in [7, 11) is 0. The molecule has 0 bridgehead atoms. The number of amides is 3. The van der Waals surface area contributed by atoms with Crippen LogP contribution in [0.4, 0.5) is 0 Å². The van der Waals surface area contributed by atoms with Gasteiger partial charge in [-0.05, 0) is 61.0 Å². The second kappa shape index (κ2) is 14.4. The smallest absolute Gasteiger partial charge is 0.291 e. The molecule has 0 radical (unpaired) electrons. The predicted molar refractivity (Wildman–Crippen MR) is 159 cm³/mol. The zero-order valence-corrected chi connectivity index (χ0v) is 24.7. The Bertz CT molecular complexity index is 1190. The molecule has 1 fully saturated rings. The summed E-state index contributed by atoms with van der Waals surface area (Å²) in [5, 5.41) is 11.4. The lowest BCUT2D eigenvalue weighted by atomic mass is 9.84. The lowest BCUT2D eigenvalue weighted by Gasteiger charge is -2.29. The van der Waals surface area contributed by atoms with Crippen LogP contribution in [0.5, 0.6) is 0 Å². The lowest BCUT2D eigenvalue weighted by Crippen LogP contribution is -2.55. The maximum Gasteiger partial charge on any atom is 0.291 e. The van der Waals surface area contributed by atoms with Gasteiger partial charge in [0.15, 0.2) is 0 Å². The van der Waals surface area contributed by atoms with Crippen LogP contribution < -0.4 is 16.0 Å². The molecule has 0 saturated carbocycles. The maximum absolute atomic E-state index is 13.5. The van der Waals surface area contributed by atoms with Gasteiger partial charge in [-0.2, -0.15) is 0 Å². The van der Waals surface area contributed by atoms with E-state index in [0.29, 0.717) is 44.7 Å². The first-order valence-corrected chi connectivity index (χ1v) is 14.7. The highest BCUT2D eigenvalue weighted by atomic mass is 16.2. The Morgan fingerprint density at radius 1 is 1.02 bits per heavy atom. The minimum Gasteiger partial charge on any atom is -0.354 e. The van der Waals surface area contributed by atoms with Crippen molar-refractivity contribution in [3.8, 4) is 0 Å². The number of likely N-dealkylation sites (tertiary alicyclic amines) is 1. The fourth-order valence-corrected chi connectivity index (χ4v) is 4.88. The van der Waals surface area contributed by atoms with Gasteiger partial charge >= 0.3 is 0 Å². The fraction of sp³-hybridized carbons (Fsp3) is 0.562. The first-order chi connectivity index (χ1) is 19.0. The maximum atomic E-state index is 13.5. The quantitative estimate of drug-likeness (QED) is 0.246. The van der Waals surface area contributed by atoms with Gasteiger partial charge in [0.2, 0.25) is 17.6 Å². The monoisotopic (exact) mass is 550 g/mol. The van der Waals surface area contributed by atoms with Gasteiger partial charge in [0.05, 0.1) is 0 Å². The molecule has 3 amide bonds. The van der Waals surface area contributed by atoms with Crippen molar-refractivity contribution in [2.45, 2.75) is 78.8 Å². The third kappa shape index (κ3) is 8.37. The molecule has 0 spiro atoms. The average molecular weight is 551 g/mol. The van der Waals surface area contributed by atoms with E-state index < -0.39 is 35.1 Å². The summed E-state index contributed by atoms with van der Waals surface area (Å²) >= 11 is 0. The van der Waals surface area contributed by atoms with Crippen molar-refractivity contribution in [1.29, 1.82) is 0 Å². The van der Waals surface area contributed by atoms with E-state index in [0.717, 1.165) is 35.8 Å². The molecule has 2 aromatic carbocycles. The Balaban J connectivity index is 1.72. The molecule has 3 N–H and O–H groups in total. The summed E-state index contributed by atoms with van der Waals surface area (Å²) in [6.45, 7) is 12.2. The molecule has 8 nitrogen and oxygen atoms in total. The van der Waals surface area contributed by atoms with Crippen LogP contribution in [0.15, 0.2) is 42.5 Å². The van der Waals surface area contributed by atoms with Gasteiger partial charge in [-0.3, -0.25) is 19.2 Å². The largest absolute Gasteiger partial charge is 0.354 e. The van der Waals surface area contributed by atoms with Crippen molar-refractivity contribution in [2.75, 3.05) is 26.2 Å². The Labute approximate surface area is 238 Å². The van der Waals surface area contributed by atoms with Crippen molar-refractivity contribution >= 4 is 34.3 Å². The minimum absolute atomic E-state index is 0.260. The molecule has 2 aromatic rings. The van der Waals surface area contributed by atoms with Crippen LogP contribution in [0.25, 0.3) is 10.8 Å². The first-order valence-electron chi connectivity index (χ1n) is 14.7. The van der Waals surface area contributed by atoms with Crippen molar-refractivity contribution in [3.05, 3.63) is 48.0 Å². The van der Waals surface area contributed by atoms with Gasteiger partial charge in [-0.25, -0.2) is 0 Å². The minimum atomic E-state index is -0.808. The van der Waals surface area contributed by atoms with Crippen LogP contribution in [-0.2, 0) is 25.6 Å². The van der Waals surface area contributed by atoms with Crippen LogP contribution in [0.3, 0.4) is 0 Å². The number of carbonyl (C=O) groups excluding carboxylic acids is 4. The summed E-state index contributed by atoms with van der Waals surface area (Å²) in [6.07, 6.45) is 2.72. The third-order valence-corrected chi connectivity index (χ3v) is 7.78. The molecule has 3 rings (SSSR count). The van der Waals surface area contributed by atoms with E-state index in [1.165, 1.54) is 4.90 Å². The number of hydrogen-bond donors (Lipinski definition) is 3. The molecule has 1 aliphatic rings. The van der Waals surface area contributed by atoms with E-state index in [1.807, 2.05) is 49.4 Å². The highest BCUT2D eigenvalue weighted by Gasteiger charge is 2.41. The number of ketones is 1. The molecular formula is C32H46N4O4. The van der Waals surface area contributed by atoms with Gasteiger partial charge < -0.3 is 20.9 Å². The summed E-state index contributed by atoms with van der Waals surface area (Å²) in [6, 6.07) is 12.5. The zero-order chi connectivity index (χ0) is 29.3. The molecule has 2 atom stereocenters. The number of rotatable bonds is 14. The summed E-state index contributed by atoms with van der Waals surface area (Å²) < 4.78 is 0. The van der Waals surface area contributed by atoms with E-state index in [-0.39, 0.29) is 5.91 Å². The third-order valence-electron chi connectivity index (χ3n) is 7.78. The Morgan fingerprint density at radius 2 is 1.75 bits per heavy atom. The highest BCUT2D eigenvalue weighted by molar-refractivity contribution is 6.38. The number of hydrogen-bond acceptors (Lipinski definition) is 5. The number of fused-ring (bicyclic) bond motifs is 1. The van der Waals surface area contributed by atoms with Gasteiger partial charge in [0.1, 0.15) is 12.1 Å². The van der Waals surface area contributed by atoms with Crippen molar-refractivity contribution in [2.24, 2.45) is 11.3 Å². The van der Waals surface area contributed by atoms with Crippen molar-refractivity contribution in [3.63, 3.8) is 0 Å². The van der Waals surface area contributed by atoms with E-state index in [4.69, 9.17) is 0 Å². The lowest BCUT2D eigenvalue weighted by molar-refractivity contribution is -0.151. The molecule has 0 aromatic heterocycles. The highest BCUT2D eigenvalue weighted by Crippen LogP contribution is 2.26. The van der Waals surface area contributed by atoms with E-state index in [9.17, 15) is 19.2 Å². The molecule has 1 heterocycles. The normalized spacial score (nSPS) is 16.2. The molecular weight excluding hydrogens is 504 g/mol. The summed E-state index contributed by atoms with van der Waals surface area (Å²) in [5.74, 6) is -1.20. The number of benzene rings is 2. The van der Waals surface area contributed by atoms with Crippen LogP contribution in [-0.4, -0.2) is 66.7 Å². The Kier molecular flexibility index (Phi) is 11.3. The van der Waals surface area contributed by atoms with Crippen molar-refractivity contribution < 1.29 is 19.2 Å². The topological polar surface area (TPSA) is 108 Å². The Hall–Kier alpha value is -3.26. The molecule has 1 aliphatic heterocycles. The fourth-order valence-electron chi connectivity index (χ4n) is 4.88. The average Bonchev–Trinajstić information content (AvgIpc) is 3.43. The molecule has 8 heteroatoms. The van der Waals surface area contributed by atoms with Gasteiger partial charge in [0, 0.05) is 24.9 Å². The molecule has 40 heavy (non-hydrogen) atoms. The van der Waals surface area contributed by atoms with Gasteiger partial charge in [-0.1, -0.05) is 77.1 Å².